The standard InChI is InChI=1S/C10H21NO2/c1-7(2)6-10(5,8(3)4)9(12)13-11/h7-8H,6,11H2,1-5H3. The quantitative estimate of drug-likeness (QED) is 0.686. The fraction of sp³-hybridized carbons (Fsp3) is 0.900. The van der Waals surface area contributed by atoms with E-state index in [9.17, 15) is 4.79 Å². The molecule has 0 spiro atoms. The van der Waals surface area contributed by atoms with Crippen molar-refractivity contribution in [3.63, 3.8) is 0 Å². The van der Waals surface area contributed by atoms with Crippen LogP contribution in [0.2, 0.25) is 0 Å². The van der Waals surface area contributed by atoms with Crippen LogP contribution < -0.4 is 5.90 Å². The van der Waals surface area contributed by atoms with E-state index in [1.54, 1.807) is 0 Å². The van der Waals surface area contributed by atoms with Crippen molar-refractivity contribution in [3.8, 4) is 0 Å². The van der Waals surface area contributed by atoms with E-state index in [2.05, 4.69) is 18.7 Å². The highest BCUT2D eigenvalue weighted by molar-refractivity contribution is 5.76. The summed E-state index contributed by atoms with van der Waals surface area (Å²) in [7, 11) is 0. The van der Waals surface area contributed by atoms with Gasteiger partial charge in [-0.3, -0.25) is 0 Å². The van der Waals surface area contributed by atoms with Gasteiger partial charge in [-0.05, 0) is 25.2 Å². The van der Waals surface area contributed by atoms with Gasteiger partial charge in [0.25, 0.3) is 0 Å². The summed E-state index contributed by atoms with van der Waals surface area (Å²) in [4.78, 5) is 15.8. The third-order valence-electron chi connectivity index (χ3n) is 2.68. The summed E-state index contributed by atoms with van der Waals surface area (Å²) in [5.74, 6) is 5.32. The van der Waals surface area contributed by atoms with Crippen molar-refractivity contribution in [1.29, 1.82) is 0 Å². The lowest BCUT2D eigenvalue weighted by Crippen LogP contribution is -2.37. The van der Waals surface area contributed by atoms with Gasteiger partial charge in [0.2, 0.25) is 0 Å². The molecular weight excluding hydrogens is 166 g/mol. The zero-order chi connectivity index (χ0) is 10.6. The Kier molecular flexibility index (Phi) is 4.40. The normalized spacial score (nSPS) is 16.0. The lowest BCUT2D eigenvalue weighted by Gasteiger charge is -2.31. The predicted molar refractivity (Wildman–Crippen MR) is 52.7 cm³/mol. The first kappa shape index (κ1) is 12.4. The molecule has 0 rings (SSSR count). The molecule has 3 heteroatoms. The van der Waals surface area contributed by atoms with Crippen molar-refractivity contribution in [2.24, 2.45) is 23.1 Å². The Morgan fingerprint density at radius 1 is 1.38 bits per heavy atom. The monoisotopic (exact) mass is 187 g/mol. The minimum atomic E-state index is -0.455. The summed E-state index contributed by atoms with van der Waals surface area (Å²) in [6.45, 7) is 10.1. The second kappa shape index (κ2) is 4.61. The minimum Gasteiger partial charge on any atom is -0.373 e. The van der Waals surface area contributed by atoms with E-state index in [0.717, 1.165) is 6.42 Å². The molecule has 0 aliphatic rings. The second-order valence-corrected chi connectivity index (χ2v) is 4.58. The second-order valence-electron chi connectivity index (χ2n) is 4.58. The largest absolute Gasteiger partial charge is 0.373 e. The lowest BCUT2D eigenvalue weighted by atomic mass is 9.73. The molecule has 0 aromatic rings. The van der Waals surface area contributed by atoms with Crippen LogP contribution in [-0.2, 0) is 9.63 Å². The molecule has 3 nitrogen and oxygen atoms in total. The van der Waals surface area contributed by atoms with Gasteiger partial charge in [0.05, 0.1) is 5.41 Å². The predicted octanol–water partition coefficient (Wildman–Crippen LogP) is 2.11. The number of rotatable bonds is 4. The zero-order valence-electron chi connectivity index (χ0n) is 9.26. The summed E-state index contributed by atoms with van der Waals surface area (Å²) in [5, 5.41) is 0. The first-order valence-electron chi connectivity index (χ1n) is 4.75. The zero-order valence-corrected chi connectivity index (χ0v) is 9.26. The Bertz CT molecular complexity index is 178. The van der Waals surface area contributed by atoms with Gasteiger partial charge in [0.15, 0.2) is 0 Å². The van der Waals surface area contributed by atoms with Gasteiger partial charge in [-0.25, -0.2) is 4.79 Å². The average Bonchev–Trinajstić information content (AvgIpc) is 2.01. The Hall–Kier alpha value is -0.570. The van der Waals surface area contributed by atoms with Gasteiger partial charge in [-0.2, -0.15) is 5.90 Å². The number of hydrogen-bond donors (Lipinski definition) is 1. The molecule has 0 radical (unpaired) electrons. The Morgan fingerprint density at radius 2 is 1.85 bits per heavy atom. The van der Waals surface area contributed by atoms with E-state index in [-0.39, 0.29) is 11.9 Å². The molecule has 1 atom stereocenters. The van der Waals surface area contributed by atoms with Crippen LogP contribution in [0.15, 0.2) is 0 Å². The Labute approximate surface area is 80.6 Å². The van der Waals surface area contributed by atoms with Gasteiger partial charge >= 0.3 is 5.97 Å². The van der Waals surface area contributed by atoms with Crippen LogP contribution >= 0.6 is 0 Å². The first-order valence-corrected chi connectivity index (χ1v) is 4.75. The summed E-state index contributed by atoms with van der Waals surface area (Å²) >= 11 is 0. The van der Waals surface area contributed by atoms with Gasteiger partial charge in [0, 0.05) is 0 Å². The highest BCUT2D eigenvalue weighted by Gasteiger charge is 2.38. The maximum absolute atomic E-state index is 11.5. The molecule has 78 valence electrons. The Balaban J connectivity index is 4.62. The van der Waals surface area contributed by atoms with E-state index >= 15 is 0 Å². The van der Waals surface area contributed by atoms with Crippen molar-refractivity contribution in [1.82, 2.24) is 0 Å². The number of carbonyl (C=O) groups is 1. The van der Waals surface area contributed by atoms with Crippen molar-refractivity contribution in [2.75, 3.05) is 0 Å². The van der Waals surface area contributed by atoms with Crippen LogP contribution in [0.3, 0.4) is 0 Å². The van der Waals surface area contributed by atoms with Crippen LogP contribution in [0.1, 0.15) is 41.0 Å². The SMILES string of the molecule is CC(C)CC(C)(C(=O)ON)C(C)C. The van der Waals surface area contributed by atoms with Gasteiger partial charge in [-0.15, -0.1) is 0 Å². The third kappa shape index (κ3) is 2.99. The summed E-state index contributed by atoms with van der Waals surface area (Å²) in [5.41, 5.74) is -0.455. The van der Waals surface area contributed by atoms with E-state index in [0.29, 0.717) is 5.92 Å². The molecule has 0 aromatic heterocycles. The summed E-state index contributed by atoms with van der Waals surface area (Å²) < 4.78 is 0. The highest BCUT2D eigenvalue weighted by atomic mass is 16.7. The van der Waals surface area contributed by atoms with Crippen molar-refractivity contribution >= 4 is 5.97 Å². The maximum atomic E-state index is 11.5. The van der Waals surface area contributed by atoms with Gasteiger partial charge in [0.1, 0.15) is 0 Å². The first-order chi connectivity index (χ1) is 5.84. The molecule has 0 saturated carbocycles. The molecule has 0 fully saturated rings. The van der Waals surface area contributed by atoms with E-state index in [1.165, 1.54) is 0 Å². The van der Waals surface area contributed by atoms with Crippen LogP contribution in [-0.4, -0.2) is 5.97 Å². The molecule has 0 bridgehead atoms. The molecule has 0 saturated heterocycles. The smallest absolute Gasteiger partial charge is 0.330 e. The van der Waals surface area contributed by atoms with E-state index < -0.39 is 5.41 Å². The van der Waals surface area contributed by atoms with E-state index in [4.69, 9.17) is 5.90 Å². The number of carbonyl (C=O) groups excluding carboxylic acids is 1. The summed E-state index contributed by atoms with van der Waals surface area (Å²) in [6.07, 6.45) is 0.806. The summed E-state index contributed by atoms with van der Waals surface area (Å²) in [6, 6.07) is 0. The fourth-order valence-corrected chi connectivity index (χ4v) is 1.54. The molecule has 0 heterocycles. The number of nitrogens with two attached hydrogens (primary N) is 1. The van der Waals surface area contributed by atoms with Gasteiger partial charge < -0.3 is 4.84 Å². The lowest BCUT2D eigenvalue weighted by molar-refractivity contribution is -0.159. The highest BCUT2D eigenvalue weighted by Crippen LogP contribution is 2.35. The third-order valence-corrected chi connectivity index (χ3v) is 2.68. The molecule has 1 unspecified atom stereocenters. The average molecular weight is 187 g/mol. The maximum Gasteiger partial charge on any atom is 0.330 e. The van der Waals surface area contributed by atoms with E-state index in [1.807, 2.05) is 20.8 Å². The van der Waals surface area contributed by atoms with Crippen molar-refractivity contribution in [3.05, 3.63) is 0 Å². The Morgan fingerprint density at radius 3 is 2.08 bits per heavy atom. The van der Waals surface area contributed by atoms with Crippen LogP contribution in [0.25, 0.3) is 0 Å². The minimum absolute atomic E-state index is 0.242. The molecule has 13 heavy (non-hydrogen) atoms. The van der Waals surface area contributed by atoms with Crippen LogP contribution in [0.5, 0.6) is 0 Å². The van der Waals surface area contributed by atoms with Crippen LogP contribution in [0, 0.1) is 17.3 Å². The molecular formula is C10H21NO2. The van der Waals surface area contributed by atoms with Crippen LogP contribution in [0.4, 0.5) is 0 Å². The topological polar surface area (TPSA) is 52.3 Å². The van der Waals surface area contributed by atoms with Gasteiger partial charge in [-0.1, -0.05) is 27.7 Å². The molecule has 0 aliphatic heterocycles. The van der Waals surface area contributed by atoms with Crippen molar-refractivity contribution < 1.29 is 9.63 Å². The molecule has 0 amide bonds. The number of hydrogen-bond acceptors (Lipinski definition) is 3. The van der Waals surface area contributed by atoms with Crippen molar-refractivity contribution in [2.45, 2.75) is 41.0 Å². The molecule has 2 N–H and O–H groups in total. The molecule has 0 aromatic carbocycles. The fourth-order valence-electron chi connectivity index (χ4n) is 1.54. The molecule has 0 aliphatic carbocycles.